The Bertz CT molecular complexity index is 954. The number of aromatic nitrogens is 1. The minimum absolute atomic E-state index is 0.186. The molecule has 0 saturated heterocycles. The smallest absolute Gasteiger partial charge is 0.406 e. The third-order valence-corrected chi connectivity index (χ3v) is 6.33. The van der Waals surface area contributed by atoms with Crippen molar-refractivity contribution in [2.45, 2.75) is 63.7 Å². The van der Waals surface area contributed by atoms with Gasteiger partial charge >= 0.3 is 12.5 Å². The van der Waals surface area contributed by atoms with E-state index in [0.717, 1.165) is 37.8 Å². The lowest BCUT2D eigenvalue weighted by molar-refractivity contribution is -0.274. The van der Waals surface area contributed by atoms with Crippen LogP contribution in [0.25, 0.3) is 0 Å². The number of rotatable bonds is 8. The summed E-state index contributed by atoms with van der Waals surface area (Å²) in [6, 6.07) is 4.37. The SMILES string of the molecule is CC(NC(=O)c1sc(CCNC2CCCC2)nc1C(F)(F)F)c1cccc(OC(F)(F)F)c1. The van der Waals surface area contributed by atoms with E-state index in [1.54, 1.807) is 0 Å². The number of ether oxygens (including phenoxy) is 1. The van der Waals surface area contributed by atoms with Crippen molar-refractivity contribution in [3.8, 4) is 5.75 Å². The summed E-state index contributed by atoms with van der Waals surface area (Å²) in [5.41, 5.74) is -1.02. The number of nitrogens with one attached hydrogen (secondary N) is 2. The second kappa shape index (κ2) is 10.3. The van der Waals surface area contributed by atoms with Crippen LogP contribution in [0.15, 0.2) is 24.3 Å². The molecular formula is C21H23F6N3O2S. The Kier molecular flexibility index (Phi) is 7.88. The number of thiazole rings is 1. The average Bonchev–Trinajstić information content (AvgIpc) is 3.36. The van der Waals surface area contributed by atoms with Gasteiger partial charge in [0.2, 0.25) is 0 Å². The van der Waals surface area contributed by atoms with Crippen LogP contribution in [0, 0.1) is 0 Å². The third-order valence-electron chi connectivity index (χ3n) is 5.21. The van der Waals surface area contributed by atoms with Crippen molar-refractivity contribution < 1.29 is 35.9 Å². The zero-order valence-electron chi connectivity index (χ0n) is 17.6. The summed E-state index contributed by atoms with van der Waals surface area (Å²) in [5, 5.41) is 5.89. The molecule has 1 amide bonds. The number of amides is 1. The first-order valence-electron chi connectivity index (χ1n) is 10.4. The molecule has 1 unspecified atom stereocenters. The molecule has 1 aromatic carbocycles. The van der Waals surface area contributed by atoms with Gasteiger partial charge in [0.05, 0.1) is 11.0 Å². The second-order valence-corrected chi connectivity index (χ2v) is 8.87. The molecule has 3 rings (SSSR count). The van der Waals surface area contributed by atoms with E-state index in [0.29, 0.717) is 23.9 Å². The summed E-state index contributed by atoms with van der Waals surface area (Å²) in [7, 11) is 0. The molecule has 182 valence electrons. The summed E-state index contributed by atoms with van der Waals surface area (Å²) in [6.45, 7) is 1.91. The molecule has 1 aliphatic carbocycles. The van der Waals surface area contributed by atoms with Gasteiger partial charge in [-0.15, -0.1) is 24.5 Å². The van der Waals surface area contributed by atoms with Crippen molar-refractivity contribution in [1.82, 2.24) is 15.6 Å². The Hall–Kier alpha value is -2.34. The second-order valence-electron chi connectivity index (χ2n) is 7.78. The minimum Gasteiger partial charge on any atom is -0.406 e. The van der Waals surface area contributed by atoms with E-state index >= 15 is 0 Å². The number of hydrogen-bond acceptors (Lipinski definition) is 5. The van der Waals surface area contributed by atoms with Crippen LogP contribution in [0.1, 0.15) is 64.6 Å². The van der Waals surface area contributed by atoms with Crippen molar-refractivity contribution in [3.63, 3.8) is 0 Å². The van der Waals surface area contributed by atoms with E-state index in [2.05, 4.69) is 20.4 Å². The molecule has 1 heterocycles. The Labute approximate surface area is 190 Å². The molecule has 1 aliphatic rings. The summed E-state index contributed by atoms with van der Waals surface area (Å²) < 4.78 is 81.6. The van der Waals surface area contributed by atoms with Gasteiger partial charge in [0.15, 0.2) is 5.69 Å². The van der Waals surface area contributed by atoms with Crippen LogP contribution in [-0.2, 0) is 12.6 Å². The molecule has 0 bridgehead atoms. The summed E-state index contributed by atoms with van der Waals surface area (Å²) >= 11 is 0.669. The molecule has 33 heavy (non-hydrogen) atoms. The highest BCUT2D eigenvalue weighted by Crippen LogP contribution is 2.35. The van der Waals surface area contributed by atoms with Crippen molar-refractivity contribution in [3.05, 3.63) is 45.4 Å². The Morgan fingerprint density at radius 2 is 1.91 bits per heavy atom. The van der Waals surface area contributed by atoms with Crippen LogP contribution in [-0.4, -0.2) is 29.8 Å². The third kappa shape index (κ3) is 7.32. The van der Waals surface area contributed by atoms with Gasteiger partial charge in [-0.3, -0.25) is 4.79 Å². The Morgan fingerprint density at radius 1 is 1.21 bits per heavy atom. The topological polar surface area (TPSA) is 63.2 Å². The van der Waals surface area contributed by atoms with Crippen molar-refractivity contribution >= 4 is 17.2 Å². The average molecular weight is 495 g/mol. The van der Waals surface area contributed by atoms with Gasteiger partial charge in [0, 0.05) is 19.0 Å². The lowest BCUT2D eigenvalue weighted by Gasteiger charge is -2.16. The monoisotopic (exact) mass is 495 g/mol. The number of nitrogens with zero attached hydrogens (tertiary/aromatic N) is 1. The fraction of sp³-hybridized carbons (Fsp3) is 0.524. The van der Waals surface area contributed by atoms with Crippen LogP contribution >= 0.6 is 11.3 Å². The van der Waals surface area contributed by atoms with Gasteiger partial charge < -0.3 is 15.4 Å². The molecular weight excluding hydrogens is 472 g/mol. The highest BCUT2D eigenvalue weighted by Gasteiger charge is 2.40. The highest BCUT2D eigenvalue weighted by atomic mass is 32.1. The van der Waals surface area contributed by atoms with E-state index in [9.17, 15) is 31.1 Å². The normalized spacial score (nSPS) is 16.1. The van der Waals surface area contributed by atoms with Crippen molar-refractivity contribution in [1.29, 1.82) is 0 Å². The highest BCUT2D eigenvalue weighted by molar-refractivity contribution is 7.13. The molecule has 5 nitrogen and oxygen atoms in total. The molecule has 2 N–H and O–H groups in total. The predicted octanol–water partition coefficient (Wildman–Crippen LogP) is 5.63. The summed E-state index contributed by atoms with van der Waals surface area (Å²) in [5.74, 6) is -1.49. The molecule has 0 spiro atoms. The van der Waals surface area contributed by atoms with E-state index in [1.165, 1.54) is 19.1 Å². The summed E-state index contributed by atoms with van der Waals surface area (Å²) in [6.07, 6.45) is -5.13. The van der Waals surface area contributed by atoms with Gasteiger partial charge in [-0.2, -0.15) is 13.2 Å². The van der Waals surface area contributed by atoms with Gasteiger partial charge in [0.25, 0.3) is 5.91 Å². The maximum absolute atomic E-state index is 13.5. The first-order valence-corrected chi connectivity index (χ1v) is 11.2. The van der Waals surface area contributed by atoms with Crippen molar-refractivity contribution in [2.75, 3.05) is 6.54 Å². The van der Waals surface area contributed by atoms with E-state index < -0.39 is 40.8 Å². The number of carbonyl (C=O) groups excluding carboxylic acids is 1. The van der Waals surface area contributed by atoms with Crippen LogP contribution in [0.3, 0.4) is 0 Å². The molecule has 0 aliphatic heterocycles. The van der Waals surface area contributed by atoms with Gasteiger partial charge in [-0.05, 0) is 37.5 Å². The van der Waals surface area contributed by atoms with Crippen molar-refractivity contribution in [2.24, 2.45) is 0 Å². The molecule has 1 fully saturated rings. The van der Waals surface area contributed by atoms with E-state index in [1.807, 2.05) is 0 Å². The van der Waals surface area contributed by atoms with Gasteiger partial charge in [-0.1, -0.05) is 25.0 Å². The summed E-state index contributed by atoms with van der Waals surface area (Å²) in [4.78, 5) is 15.7. The Morgan fingerprint density at radius 3 is 2.55 bits per heavy atom. The van der Waals surface area contributed by atoms with E-state index in [-0.39, 0.29) is 17.0 Å². The van der Waals surface area contributed by atoms with Crippen LogP contribution < -0.4 is 15.4 Å². The minimum atomic E-state index is -4.89. The molecule has 1 aromatic heterocycles. The van der Waals surface area contributed by atoms with E-state index in [4.69, 9.17) is 0 Å². The largest absolute Gasteiger partial charge is 0.573 e. The lowest BCUT2D eigenvalue weighted by Crippen LogP contribution is -2.28. The number of carbonyl (C=O) groups is 1. The van der Waals surface area contributed by atoms with Gasteiger partial charge in [-0.25, -0.2) is 4.98 Å². The fourth-order valence-electron chi connectivity index (χ4n) is 3.66. The quantitative estimate of drug-likeness (QED) is 0.467. The maximum Gasteiger partial charge on any atom is 0.573 e. The molecule has 2 aromatic rings. The fourth-order valence-corrected chi connectivity index (χ4v) is 4.64. The maximum atomic E-state index is 13.5. The zero-order chi connectivity index (χ0) is 24.2. The number of benzene rings is 1. The molecule has 12 heteroatoms. The van der Waals surface area contributed by atoms with Gasteiger partial charge in [0.1, 0.15) is 10.6 Å². The molecule has 1 atom stereocenters. The van der Waals surface area contributed by atoms with Crippen LogP contribution in [0.5, 0.6) is 5.75 Å². The lowest BCUT2D eigenvalue weighted by atomic mass is 10.1. The molecule has 1 saturated carbocycles. The molecule has 0 radical (unpaired) electrons. The number of hydrogen-bond donors (Lipinski definition) is 2. The first kappa shape index (κ1) is 25.3. The zero-order valence-corrected chi connectivity index (χ0v) is 18.5. The van der Waals surface area contributed by atoms with Crippen LogP contribution in [0.2, 0.25) is 0 Å². The predicted molar refractivity (Wildman–Crippen MR) is 110 cm³/mol. The number of halogens is 6. The first-order chi connectivity index (χ1) is 15.4. The van der Waals surface area contributed by atoms with Crippen LogP contribution in [0.4, 0.5) is 26.3 Å². The standard InChI is InChI=1S/C21H23F6N3O2S/c1-12(13-5-4-8-15(11-13)32-21(25,26)27)29-19(31)17-18(20(22,23)24)30-16(33-17)9-10-28-14-6-2-3-7-14/h4-5,8,11-12,14,28H,2-3,6-7,9-10H2,1H3,(H,29,31). The number of alkyl halides is 6. The Balaban J connectivity index is 1.70.